The van der Waals surface area contributed by atoms with Crippen LogP contribution in [0.25, 0.3) is 0 Å². The van der Waals surface area contributed by atoms with E-state index in [1.54, 1.807) is 60.7 Å². The average molecular weight is 393 g/mol. The third-order valence-corrected chi connectivity index (χ3v) is 4.81. The second-order valence-electron chi connectivity index (χ2n) is 6.73. The number of hydrogen-bond donors (Lipinski definition) is 2. The smallest absolute Gasteiger partial charge is 0.255 e. The van der Waals surface area contributed by atoms with Gasteiger partial charge in [-0.15, -0.1) is 0 Å². The van der Waals surface area contributed by atoms with Gasteiger partial charge in [0, 0.05) is 28.8 Å². The first-order chi connectivity index (χ1) is 14.0. The van der Waals surface area contributed by atoms with E-state index in [2.05, 4.69) is 10.6 Å². The number of hydrogen-bond acceptors (Lipinski definition) is 5. The predicted octanol–water partition coefficient (Wildman–Crippen LogP) is 2.22. The minimum Gasteiger partial charge on any atom is -0.550 e. The largest absolute Gasteiger partial charge is 0.550 e. The fraction of sp³-hybridized carbons (Fsp3) is 0.227. The molecule has 150 valence electrons. The van der Waals surface area contributed by atoms with Crippen molar-refractivity contribution in [1.29, 1.82) is 0 Å². The predicted molar refractivity (Wildman–Crippen MR) is 106 cm³/mol. The zero-order valence-electron chi connectivity index (χ0n) is 15.9. The van der Waals surface area contributed by atoms with Gasteiger partial charge in [0.15, 0.2) is 0 Å². The molecule has 0 unspecified atom stereocenters. The van der Waals surface area contributed by atoms with Gasteiger partial charge in [-0.2, -0.15) is 0 Å². The lowest BCUT2D eigenvalue weighted by Gasteiger charge is -2.28. The third-order valence-electron chi connectivity index (χ3n) is 4.81. The van der Waals surface area contributed by atoms with Crippen molar-refractivity contribution >= 4 is 29.2 Å². The summed E-state index contributed by atoms with van der Waals surface area (Å²) >= 11 is 0. The van der Waals surface area contributed by atoms with Gasteiger partial charge < -0.3 is 25.3 Å². The Morgan fingerprint density at radius 3 is 2.17 bits per heavy atom. The lowest BCUT2D eigenvalue weighted by Crippen LogP contribution is -2.41. The molecule has 2 atom stereocenters. The van der Waals surface area contributed by atoms with E-state index in [-0.39, 0.29) is 18.2 Å². The molecule has 3 rings (SSSR count). The number of amides is 2. The molecule has 2 N–H and O–H groups in total. The quantitative estimate of drug-likeness (QED) is 0.732. The Hall–Kier alpha value is -3.61. The molecule has 7 nitrogen and oxygen atoms in total. The summed E-state index contributed by atoms with van der Waals surface area (Å²) in [6.07, 6.45) is 4.21. The molecule has 2 amide bonds. The average Bonchev–Trinajstić information content (AvgIpc) is 2.75. The van der Waals surface area contributed by atoms with Crippen LogP contribution in [0, 0.1) is 11.8 Å². The van der Waals surface area contributed by atoms with E-state index in [1.165, 1.54) is 7.11 Å². The number of carbonyl (C=O) groups excluding carboxylic acids is 3. The van der Waals surface area contributed by atoms with Crippen LogP contribution in [0.3, 0.4) is 0 Å². The fourth-order valence-electron chi connectivity index (χ4n) is 3.20. The molecule has 0 saturated heterocycles. The number of ether oxygens (including phenoxy) is 1. The molecule has 1 aliphatic rings. The van der Waals surface area contributed by atoms with E-state index in [9.17, 15) is 19.5 Å². The van der Waals surface area contributed by atoms with Crippen LogP contribution < -0.4 is 20.5 Å². The second kappa shape index (κ2) is 9.05. The number of carbonyl (C=O) groups is 3. The summed E-state index contributed by atoms with van der Waals surface area (Å²) in [5.41, 5.74) is 1.53. The van der Waals surface area contributed by atoms with E-state index in [0.29, 0.717) is 29.1 Å². The van der Waals surface area contributed by atoms with Gasteiger partial charge in [0.25, 0.3) is 5.91 Å². The highest BCUT2D eigenvalue weighted by molar-refractivity contribution is 6.04. The summed E-state index contributed by atoms with van der Waals surface area (Å²) in [6, 6.07) is 13.4. The van der Waals surface area contributed by atoms with Gasteiger partial charge in [-0.1, -0.05) is 18.2 Å². The molecular formula is C22H21N2O5-. The Kier molecular flexibility index (Phi) is 6.29. The normalized spacial score (nSPS) is 18.0. The molecule has 29 heavy (non-hydrogen) atoms. The van der Waals surface area contributed by atoms with Gasteiger partial charge in [0.2, 0.25) is 5.91 Å². The first-order valence-corrected chi connectivity index (χ1v) is 9.20. The highest BCUT2D eigenvalue weighted by Gasteiger charge is 2.29. The van der Waals surface area contributed by atoms with Crippen LogP contribution in [-0.4, -0.2) is 24.9 Å². The molecule has 7 heteroatoms. The maximum Gasteiger partial charge on any atom is 0.255 e. The number of rotatable bonds is 6. The van der Waals surface area contributed by atoms with Gasteiger partial charge in [0.1, 0.15) is 5.75 Å². The minimum atomic E-state index is -1.22. The summed E-state index contributed by atoms with van der Waals surface area (Å²) in [7, 11) is 1.53. The number of nitrogens with one attached hydrogen (secondary N) is 2. The van der Waals surface area contributed by atoms with E-state index in [4.69, 9.17) is 4.74 Å². The van der Waals surface area contributed by atoms with Crippen molar-refractivity contribution in [1.82, 2.24) is 0 Å². The molecule has 0 aromatic heterocycles. The van der Waals surface area contributed by atoms with Crippen LogP contribution in [0.5, 0.6) is 5.75 Å². The number of benzene rings is 2. The molecule has 0 heterocycles. The molecular weight excluding hydrogens is 372 g/mol. The van der Waals surface area contributed by atoms with Crippen LogP contribution in [0.1, 0.15) is 23.2 Å². The van der Waals surface area contributed by atoms with Crippen molar-refractivity contribution in [2.24, 2.45) is 11.8 Å². The molecule has 0 saturated carbocycles. The maximum absolute atomic E-state index is 12.5. The Labute approximate surface area is 168 Å². The number of aliphatic carboxylic acids is 1. The van der Waals surface area contributed by atoms with Gasteiger partial charge in [-0.05, 0) is 55.3 Å². The Morgan fingerprint density at radius 1 is 0.931 bits per heavy atom. The first-order valence-electron chi connectivity index (χ1n) is 9.20. The monoisotopic (exact) mass is 393 g/mol. The Balaban J connectivity index is 1.62. The summed E-state index contributed by atoms with van der Waals surface area (Å²) in [5, 5.41) is 16.8. The van der Waals surface area contributed by atoms with Crippen molar-refractivity contribution in [3.63, 3.8) is 0 Å². The van der Waals surface area contributed by atoms with Crippen LogP contribution in [0.2, 0.25) is 0 Å². The van der Waals surface area contributed by atoms with Crippen molar-refractivity contribution in [2.45, 2.75) is 12.8 Å². The lowest BCUT2D eigenvalue weighted by atomic mass is 9.82. The molecule has 2 aromatic rings. The van der Waals surface area contributed by atoms with E-state index in [1.807, 2.05) is 0 Å². The molecule has 1 aliphatic carbocycles. The van der Waals surface area contributed by atoms with Crippen LogP contribution >= 0.6 is 0 Å². The third kappa shape index (κ3) is 5.01. The fourth-order valence-corrected chi connectivity index (χ4v) is 3.20. The van der Waals surface area contributed by atoms with E-state index in [0.717, 1.165) is 0 Å². The second-order valence-corrected chi connectivity index (χ2v) is 6.73. The number of anilines is 2. The highest BCUT2D eigenvalue weighted by atomic mass is 16.5. The number of carboxylic acid groups (broad SMARTS) is 1. The minimum absolute atomic E-state index is 0.286. The van der Waals surface area contributed by atoms with Crippen LogP contribution in [-0.2, 0) is 9.59 Å². The van der Waals surface area contributed by atoms with Crippen LogP contribution in [0.4, 0.5) is 11.4 Å². The SMILES string of the molecule is COc1cccc(C(=O)Nc2ccc(NC(=O)[C@@H]3CC=CC[C@@H]3C(=O)[O-])cc2)c1. The van der Waals surface area contributed by atoms with Gasteiger partial charge in [-0.25, -0.2) is 0 Å². The highest BCUT2D eigenvalue weighted by Crippen LogP contribution is 2.27. The maximum atomic E-state index is 12.5. The summed E-state index contributed by atoms with van der Waals surface area (Å²) in [5.74, 6) is -2.78. The van der Waals surface area contributed by atoms with E-state index >= 15 is 0 Å². The number of allylic oxidation sites excluding steroid dienone is 2. The standard InChI is InChI=1S/C22H22N2O5/c1-29-17-6-4-5-14(13-17)20(25)23-15-9-11-16(12-10-15)24-21(26)18-7-2-3-8-19(18)22(27)28/h2-6,9-13,18-19H,7-8H2,1H3,(H,23,25)(H,24,26)(H,27,28)/p-1/t18-,19+/m1/s1. The molecule has 0 fully saturated rings. The molecule has 2 aromatic carbocycles. The number of methoxy groups -OCH3 is 1. The van der Waals surface area contributed by atoms with Gasteiger partial charge >= 0.3 is 0 Å². The molecule has 0 aliphatic heterocycles. The summed E-state index contributed by atoms with van der Waals surface area (Å²) in [4.78, 5) is 36.1. The van der Waals surface area contributed by atoms with Crippen molar-refractivity contribution in [3.8, 4) is 5.75 Å². The molecule has 0 bridgehead atoms. The zero-order valence-corrected chi connectivity index (χ0v) is 15.9. The topological polar surface area (TPSA) is 108 Å². The van der Waals surface area contributed by atoms with Crippen molar-refractivity contribution in [3.05, 3.63) is 66.2 Å². The Bertz CT molecular complexity index is 936. The molecule has 0 radical (unpaired) electrons. The summed E-state index contributed by atoms with van der Waals surface area (Å²) in [6.45, 7) is 0. The van der Waals surface area contributed by atoms with Crippen molar-refractivity contribution < 1.29 is 24.2 Å². The molecule has 0 spiro atoms. The van der Waals surface area contributed by atoms with Gasteiger partial charge in [0.05, 0.1) is 13.0 Å². The van der Waals surface area contributed by atoms with Crippen molar-refractivity contribution in [2.75, 3.05) is 17.7 Å². The summed E-state index contributed by atoms with van der Waals surface area (Å²) < 4.78 is 5.12. The lowest BCUT2D eigenvalue weighted by molar-refractivity contribution is -0.313. The Morgan fingerprint density at radius 2 is 1.55 bits per heavy atom. The van der Waals surface area contributed by atoms with Crippen LogP contribution in [0.15, 0.2) is 60.7 Å². The zero-order chi connectivity index (χ0) is 20.8. The van der Waals surface area contributed by atoms with Gasteiger partial charge in [-0.3, -0.25) is 9.59 Å². The number of carboxylic acids is 1. The first kappa shape index (κ1) is 20.1. The van der Waals surface area contributed by atoms with E-state index < -0.39 is 17.8 Å².